The van der Waals surface area contributed by atoms with Gasteiger partial charge in [-0.25, -0.2) is 4.79 Å². The standard InChI is InChI=1S/C14H23N3O2/c1-5-17(10(2)9-16(3)4)13-7-6-11(15)8-12(13)14(18)19/h6-8,10H,5,9,15H2,1-4H3,(H,18,19). The molecule has 1 aromatic carbocycles. The van der Waals surface area contributed by atoms with Crippen molar-refractivity contribution in [2.24, 2.45) is 0 Å². The molecule has 1 aromatic rings. The topological polar surface area (TPSA) is 69.8 Å². The van der Waals surface area contributed by atoms with Crippen LogP contribution >= 0.6 is 0 Å². The molecule has 0 heterocycles. The molecule has 5 heteroatoms. The second kappa shape index (κ2) is 6.43. The van der Waals surface area contributed by atoms with Crippen LogP contribution < -0.4 is 10.6 Å². The molecule has 0 fully saturated rings. The molecule has 1 rings (SSSR count). The van der Waals surface area contributed by atoms with E-state index in [0.717, 1.165) is 18.8 Å². The van der Waals surface area contributed by atoms with E-state index in [1.165, 1.54) is 6.07 Å². The summed E-state index contributed by atoms with van der Waals surface area (Å²) in [5.74, 6) is -0.946. The number of nitrogens with two attached hydrogens (primary N) is 1. The highest BCUT2D eigenvalue weighted by atomic mass is 16.4. The lowest BCUT2D eigenvalue weighted by molar-refractivity contribution is 0.0697. The van der Waals surface area contributed by atoms with Crippen molar-refractivity contribution in [1.82, 2.24) is 4.90 Å². The first-order valence-electron chi connectivity index (χ1n) is 6.41. The SMILES string of the molecule is CCN(c1ccc(N)cc1C(=O)O)C(C)CN(C)C. The number of likely N-dealkylation sites (N-methyl/N-ethyl adjacent to an activating group) is 2. The molecular weight excluding hydrogens is 242 g/mol. The zero-order chi connectivity index (χ0) is 14.6. The van der Waals surface area contributed by atoms with Crippen LogP contribution in [0.5, 0.6) is 0 Å². The van der Waals surface area contributed by atoms with Gasteiger partial charge in [0.15, 0.2) is 0 Å². The minimum Gasteiger partial charge on any atom is -0.478 e. The van der Waals surface area contributed by atoms with Gasteiger partial charge in [0, 0.05) is 24.8 Å². The van der Waals surface area contributed by atoms with Crippen molar-refractivity contribution in [2.45, 2.75) is 19.9 Å². The average Bonchev–Trinajstić information content (AvgIpc) is 2.30. The summed E-state index contributed by atoms with van der Waals surface area (Å²) in [7, 11) is 4.01. The van der Waals surface area contributed by atoms with Crippen LogP contribution in [0.2, 0.25) is 0 Å². The maximum Gasteiger partial charge on any atom is 0.337 e. The van der Waals surface area contributed by atoms with Gasteiger partial charge in [0.05, 0.1) is 11.3 Å². The smallest absolute Gasteiger partial charge is 0.337 e. The third-order valence-electron chi connectivity index (χ3n) is 3.06. The van der Waals surface area contributed by atoms with Crippen LogP contribution in [0.3, 0.4) is 0 Å². The van der Waals surface area contributed by atoms with E-state index in [9.17, 15) is 9.90 Å². The summed E-state index contributed by atoms with van der Waals surface area (Å²) >= 11 is 0. The zero-order valence-electron chi connectivity index (χ0n) is 12.1. The summed E-state index contributed by atoms with van der Waals surface area (Å²) in [6, 6.07) is 5.27. The Balaban J connectivity index is 3.14. The van der Waals surface area contributed by atoms with Crippen molar-refractivity contribution < 1.29 is 9.90 Å². The van der Waals surface area contributed by atoms with Crippen molar-refractivity contribution in [3.05, 3.63) is 23.8 Å². The third-order valence-corrected chi connectivity index (χ3v) is 3.06. The molecule has 0 aromatic heterocycles. The van der Waals surface area contributed by atoms with E-state index in [1.807, 2.05) is 21.0 Å². The highest BCUT2D eigenvalue weighted by Gasteiger charge is 2.20. The summed E-state index contributed by atoms with van der Waals surface area (Å²) in [5, 5.41) is 9.31. The van der Waals surface area contributed by atoms with Crippen molar-refractivity contribution >= 4 is 17.3 Å². The van der Waals surface area contributed by atoms with Gasteiger partial charge in [-0.2, -0.15) is 0 Å². The van der Waals surface area contributed by atoms with E-state index < -0.39 is 5.97 Å². The fourth-order valence-electron chi connectivity index (χ4n) is 2.32. The van der Waals surface area contributed by atoms with Crippen LogP contribution in [0.25, 0.3) is 0 Å². The largest absolute Gasteiger partial charge is 0.478 e. The number of rotatable bonds is 6. The van der Waals surface area contributed by atoms with Crippen molar-refractivity contribution in [3.8, 4) is 0 Å². The lowest BCUT2D eigenvalue weighted by Crippen LogP contribution is -2.40. The van der Waals surface area contributed by atoms with Gasteiger partial charge in [-0.1, -0.05) is 0 Å². The van der Waals surface area contributed by atoms with Crippen molar-refractivity contribution in [2.75, 3.05) is 37.8 Å². The summed E-state index contributed by atoms with van der Waals surface area (Å²) < 4.78 is 0. The Hall–Kier alpha value is -1.75. The van der Waals surface area contributed by atoms with Gasteiger partial charge in [-0.15, -0.1) is 0 Å². The monoisotopic (exact) mass is 265 g/mol. The molecule has 0 bridgehead atoms. The Morgan fingerprint density at radius 1 is 1.42 bits per heavy atom. The van der Waals surface area contributed by atoms with Gasteiger partial charge in [0.25, 0.3) is 0 Å². The molecule has 0 radical (unpaired) electrons. The van der Waals surface area contributed by atoms with E-state index in [4.69, 9.17) is 5.73 Å². The number of hydrogen-bond donors (Lipinski definition) is 2. The molecule has 0 aliphatic carbocycles. The highest BCUT2D eigenvalue weighted by Crippen LogP contribution is 2.25. The number of nitrogen functional groups attached to an aromatic ring is 1. The Kier molecular flexibility index (Phi) is 5.18. The number of nitrogens with zero attached hydrogens (tertiary/aromatic N) is 2. The Bertz CT molecular complexity index is 446. The van der Waals surface area contributed by atoms with Gasteiger partial charge >= 0.3 is 5.97 Å². The third kappa shape index (κ3) is 3.86. The fraction of sp³-hybridized carbons (Fsp3) is 0.500. The number of benzene rings is 1. The lowest BCUT2D eigenvalue weighted by atomic mass is 10.1. The van der Waals surface area contributed by atoms with Crippen LogP contribution in [-0.2, 0) is 0 Å². The van der Waals surface area contributed by atoms with E-state index in [2.05, 4.69) is 16.7 Å². The van der Waals surface area contributed by atoms with E-state index in [-0.39, 0.29) is 11.6 Å². The number of carbonyl (C=O) groups is 1. The van der Waals surface area contributed by atoms with Crippen LogP contribution in [0.15, 0.2) is 18.2 Å². The summed E-state index contributed by atoms with van der Waals surface area (Å²) in [6.07, 6.45) is 0. The first kappa shape index (κ1) is 15.3. The molecule has 0 aliphatic rings. The van der Waals surface area contributed by atoms with E-state index in [0.29, 0.717) is 5.69 Å². The van der Waals surface area contributed by atoms with Gasteiger partial charge in [0.2, 0.25) is 0 Å². The van der Waals surface area contributed by atoms with Crippen LogP contribution in [0, 0.1) is 0 Å². The minimum atomic E-state index is -0.946. The van der Waals surface area contributed by atoms with E-state index in [1.54, 1.807) is 12.1 Å². The number of carboxylic acid groups (broad SMARTS) is 1. The molecular formula is C14H23N3O2. The Labute approximate surface area is 114 Å². The van der Waals surface area contributed by atoms with Crippen molar-refractivity contribution in [1.29, 1.82) is 0 Å². The number of carboxylic acids is 1. The van der Waals surface area contributed by atoms with Crippen LogP contribution in [0.1, 0.15) is 24.2 Å². The molecule has 106 valence electrons. The zero-order valence-corrected chi connectivity index (χ0v) is 12.1. The van der Waals surface area contributed by atoms with Gasteiger partial charge in [0.1, 0.15) is 0 Å². The predicted molar refractivity (Wildman–Crippen MR) is 78.8 cm³/mol. The normalized spacial score (nSPS) is 12.5. The molecule has 3 N–H and O–H groups in total. The van der Waals surface area contributed by atoms with Crippen LogP contribution in [-0.4, -0.2) is 49.2 Å². The number of hydrogen-bond acceptors (Lipinski definition) is 4. The second-order valence-electron chi connectivity index (χ2n) is 4.98. The summed E-state index contributed by atoms with van der Waals surface area (Å²) in [6.45, 7) is 5.72. The number of aromatic carboxylic acids is 1. The van der Waals surface area contributed by atoms with E-state index >= 15 is 0 Å². The average molecular weight is 265 g/mol. The second-order valence-corrected chi connectivity index (χ2v) is 4.98. The Morgan fingerprint density at radius 3 is 2.53 bits per heavy atom. The minimum absolute atomic E-state index is 0.224. The molecule has 0 saturated heterocycles. The summed E-state index contributed by atoms with van der Waals surface area (Å²) in [5.41, 5.74) is 7.12. The molecule has 5 nitrogen and oxygen atoms in total. The maximum atomic E-state index is 11.3. The van der Waals surface area contributed by atoms with Gasteiger partial charge in [-0.05, 0) is 46.1 Å². The van der Waals surface area contributed by atoms with Crippen molar-refractivity contribution in [3.63, 3.8) is 0 Å². The quantitative estimate of drug-likeness (QED) is 0.767. The summed E-state index contributed by atoms with van der Waals surface area (Å²) in [4.78, 5) is 15.5. The molecule has 0 aliphatic heterocycles. The molecule has 0 saturated carbocycles. The molecule has 1 atom stereocenters. The Morgan fingerprint density at radius 2 is 2.05 bits per heavy atom. The lowest BCUT2D eigenvalue weighted by Gasteiger charge is -2.33. The first-order valence-corrected chi connectivity index (χ1v) is 6.41. The fourth-order valence-corrected chi connectivity index (χ4v) is 2.32. The molecule has 0 spiro atoms. The van der Waals surface area contributed by atoms with Crippen LogP contribution in [0.4, 0.5) is 11.4 Å². The molecule has 19 heavy (non-hydrogen) atoms. The number of anilines is 2. The first-order chi connectivity index (χ1) is 8.86. The molecule has 1 unspecified atom stereocenters. The molecule has 0 amide bonds. The highest BCUT2D eigenvalue weighted by molar-refractivity contribution is 5.95. The maximum absolute atomic E-state index is 11.3. The predicted octanol–water partition coefficient (Wildman–Crippen LogP) is 1.74. The van der Waals surface area contributed by atoms with Gasteiger partial charge in [-0.3, -0.25) is 0 Å². The van der Waals surface area contributed by atoms with Gasteiger partial charge < -0.3 is 20.6 Å².